The number of rotatable bonds is 3. The van der Waals surface area contributed by atoms with Crippen molar-refractivity contribution < 1.29 is 0 Å². The predicted octanol–water partition coefficient (Wildman–Crippen LogP) is 6.00. The average Bonchev–Trinajstić information content (AvgIpc) is 3.22. The summed E-state index contributed by atoms with van der Waals surface area (Å²) in [5.41, 5.74) is 4.91. The van der Waals surface area contributed by atoms with Gasteiger partial charge in [-0.3, -0.25) is 4.40 Å². The van der Waals surface area contributed by atoms with Crippen LogP contribution in [-0.4, -0.2) is 31.6 Å². The Bertz CT molecular complexity index is 1450. The lowest BCUT2D eigenvalue weighted by atomic mass is 9.86. The van der Waals surface area contributed by atoms with Gasteiger partial charge in [0, 0.05) is 23.0 Å². The summed E-state index contributed by atoms with van der Waals surface area (Å²) < 4.78 is 1.90. The highest BCUT2D eigenvalue weighted by molar-refractivity contribution is 6.31. The maximum absolute atomic E-state index is 6.32. The van der Waals surface area contributed by atoms with E-state index in [0.29, 0.717) is 16.6 Å². The Morgan fingerprint density at radius 1 is 0.875 bits per heavy atom. The molecule has 32 heavy (non-hydrogen) atoms. The van der Waals surface area contributed by atoms with E-state index in [1.54, 1.807) is 0 Å². The molecule has 160 valence electrons. The third-order valence-corrected chi connectivity index (χ3v) is 5.81. The Balaban J connectivity index is 1.66. The first-order valence-electron chi connectivity index (χ1n) is 10.5. The maximum atomic E-state index is 6.32. The summed E-state index contributed by atoms with van der Waals surface area (Å²) in [6, 6.07) is 20.2. The van der Waals surface area contributed by atoms with E-state index < -0.39 is 0 Å². The quantitative estimate of drug-likeness (QED) is 0.371. The van der Waals surface area contributed by atoms with Gasteiger partial charge in [-0.1, -0.05) is 62.7 Å². The summed E-state index contributed by atoms with van der Waals surface area (Å²) in [6.45, 7) is 6.63. The van der Waals surface area contributed by atoms with Gasteiger partial charge in [0.05, 0.1) is 11.2 Å². The van der Waals surface area contributed by atoms with E-state index in [2.05, 4.69) is 65.5 Å². The van der Waals surface area contributed by atoms with E-state index in [1.807, 2.05) is 47.8 Å². The van der Waals surface area contributed by atoms with Crippen LogP contribution in [0.1, 0.15) is 26.3 Å². The van der Waals surface area contributed by atoms with Crippen molar-refractivity contribution in [3.63, 3.8) is 0 Å². The second-order valence-corrected chi connectivity index (χ2v) is 9.20. The van der Waals surface area contributed by atoms with Gasteiger partial charge in [-0.2, -0.15) is 4.98 Å². The zero-order valence-corrected chi connectivity index (χ0v) is 19.1. The lowest BCUT2D eigenvalue weighted by molar-refractivity contribution is 0.590. The molecular formula is C25H23ClN6. The minimum atomic E-state index is 0.107. The van der Waals surface area contributed by atoms with Crippen LogP contribution in [0.4, 0.5) is 5.82 Å². The molecule has 0 amide bonds. The number of anilines is 1. The number of nitrogens with zero attached hydrogens (tertiary/aromatic N) is 5. The van der Waals surface area contributed by atoms with Gasteiger partial charge in [0.25, 0.3) is 5.78 Å². The number of nitrogens with one attached hydrogen (secondary N) is 1. The monoisotopic (exact) mass is 442 g/mol. The minimum absolute atomic E-state index is 0.107. The van der Waals surface area contributed by atoms with Crippen LogP contribution < -0.4 is 5.32 Å². The van der Waals surface area contributed by atoms with Crippen molar-refractivity contribution in [2.24, 2.45) is 0 Å². The van der Waals surface area contributed by atoms with Gasteiger partial charge in [-0.25, -0.2) is 4.98 Å². The molecule has 0 aliphatic carbocycles. The number of pyridine rings is 1. The van der Waals surface area contributed by atoms with Crippen LogP contribution in [0.25, 0.3) is 39.5 Å². The SMILES string of the molecule is CNc1nc2nnc(-c3cccc(-c4ccc(C(C)(C)C)cc4)n3)n2c2cc(Cl)ccc12. The van der Waals surface area contributed by atoms with Crippen molar-refractivity contribution in [2.45, 2.75) is 26.2 Å². The lowest BCUT2D eigenvalue weighted by Gasteiger charge is -2.19. The van der Waals surface area contributed by atoms with Crippen LogP contribution in [0, 0.1) is 0 Å². The smallest absolute Gasteiger partial charge is 0.257 e. The summed E-state index contributed by atoms with van der Waals surface area (Å²) >= 11 is 6.32. The molecule has 0 radical (unpaired) electrons. The molecule has 5 aromatic rings. The van der Waals surface area contributed by atoms with E-state index in [1.165, 1.54) is 5.56 Å². The minimum Gasteiger partial charge on any atom is -0.372 e. The first-order chi connectivity index (χ1) is 15.3. The van der Waals surface area contributed by atoms with Crippen LogP contribution in [0.15, 0.2) is 60.7 Å². The van der Waals surface area contributed by atoms with E-state index in [0.717, 1.165) is 33.7 Å². The predicted molar refractivity (Wildman–Crippen MR) is 130 cm³/mol. The second kappa shape index (κ2) is 7.57. The number of fused-ring (bicyclic) bond motifs is 3. The summed E-state index contributed by atoms with van der Waals surface area (Å²) in [6.07, 6.45) is 0. The van der Waals surface area contributed by atoms with Crippen LogP contribution in [0.2, 0.25) is 5.02 Å². The molecule has 3 heterocycles. The van der Waals surface area contributed by atoms with Crippen LogP contribution in [0.3, 0.4) is 0 Å². The van der Waals surface area contributed by atoms with Crippen molar-refractivity contribution in [1.82, 2.24) is 24.6 Å². The Morgan fingerprint density at radius 3 is 2.34 bits per heavy atom. The first kappa shape index (κ1) is 20.4. The molecule has 3 aromatic heterocycles. The Labute approximate surface area is 191 Å². The van der Waals surface area contributed by atoms with Gasteiger partial charge in [-0.15, -0.1) is 10.2 Å². The van der Waals surface area contributed by atoms with Gasteiger partial charge in [-0.05, 0) is 41.3 Å². The average molecular weight is 443 g/mol. The molecule has 0 unspecified atom stereocenters. The molecule has 0 saturated carbocycles. The molecule has 0 bridgehead atoms. The largest absolute Gasteiger partial charge is 0.372 e. The van der Waals surface area contributed by atoms with Crippen LogP contribution >= 0.6 is 11.6 Å². The van der Waals surface area contributed by atoms with Crippen LogP contribution in [-0.2, 0) is 5.41 Å². The standard InChI is InChI=1S/C25H23ClN6/c1-25(2,3)16-10-8-15(9-11-16)19-6-5-7-20(28-19)23-30-31-24-29-22(27-4)18-13-12-17(26)14-21(18)32(23)24/h5-14H,1-4H3,(H,27,29,31). The van der Waals surface area contributed by atoms with E-state index in [-0.39, 0.29) is 5.41 Å². The number of benzene rings is 2. The summed E-state index contributed by atoms with van der Waals surface area (Å²) in [5, 5.41) is 13.4. The van der Waals surface area contributed by atoms with Gasteiger partial charge in [0.15, 0.2) is 5.82 Å². The lowest BCUT2D eigenvalue weighted by Crippen LogP contribution is -2.10. The van der Waals surface area contributed by atoms with E-state index >= 15 is 0 Å². The Hall–Kier alpha value is -3.51. The molecule has 0 aliphatic heterocycles. The Kier molecular flexibility index (Phi) is 4.82. The Morgan fingerprint density at radius 2 is 1.62 bits per heavy atom. The first-order valence-corrected chi connectivity index (χ1v) is 10.8. The van der Waals surface area contributed by atoms with Gasteiger partial charge in [0.1, 0.15) is 11.5 Å². The molecule has 7 heteroatoms. The third kappa shape index (κ3) is 3.46. The third-order valence-electron chi connectivity index (χ3n) is 5.58. The number of hydrogen-bond acceptors (Lipinski definition) is 5. The van der Waals surface area contributed by atoms with Crippen molar-refractivity contribution in [2.75, 3.05) is 12.4 Å². The molecule has 2 aromatic carbocycles. The van der Waals surface area contributed by atoms with Crippen LogP contribution in [0.5, 0.6) is 0 Å². The van der Waals surface area contributed by atoms with Gasteiger partial charge < -0.3 is 5.32 Å². The fourth-order valence-electron chi connectivity index (χ4n) is 3.84. The van der Waals surface area contributed by atoms with Gasteiger partial charge >= 0.3 is 0 Å². The fourth-order valence-corrected chi connectivity index (χ4v) is 4.00. The zero-order valence-electron chi connectivity index (χ0n) is 18.4. The second-order valence-electron chi connectivity index (χ2n) is 8.77. The summed E-state index contributed by atoms with van der Waals surface area (Å²) in [5.74, 6) is 1.83. The number of hydrogen-bond donors (Lipinski definition) is 1. The van der Waals surface area contributed by atoms with Crippen molar-refractivity contribution in [3.8, 4) is 22.8 Å². The molecule has 0 saturated heterocycles. The molecule has 5 rings (SSSR count). The number of aromatic nitrogens is 5. The summed E-state index contributed by atoms with van der Waals surface area (Å²) in [4.78, 5) is 9.52. The normalized spacial score (nSPS) is 11.9. The van der Waals surface area contributed by atoms with Crippen molar-refractivity contribution in [1.29, 1.82) is 0 Å². The fraction of sp³-hybridized carbons (Fsp3) is 0.200. The topological polar surface area (TPSA) is 68.0 Å². The summed E-state index contributed by atoms with van der Waals surface area (Å²) in [7, 11) is 1.83. The molecular weight excluding hydrogens is 420 g/mol. The highest BCUT2D eigenvalue weighted by Crippen LogP contribution is 2.30. The molecule has 6 nitrogen and oxygen atoms in total. The van der Waals surface area contributed by atoms with Crippen molar-refractivity contribution >= 4 is 34.1 Å². The van der Waals surface area contributed by atoms with E-state index in [9.17, 15) is 0 Å². The molecule has 0 fully saturated rings. The highest BCUT2D eigenvalue weighted by Gasteiger charge is 2.17. The maximum Gasteiger partial charge on any atom is 0.257 e. The zero-order chi connectivity index (χ0) is 22.5. The molecule has 1 N–H and O–H groups in total. The molecule has 0 atom stereocenters. The van der Waals surface area contributed by atoms with Crippen molar-refractivity contribution in [3.05, 3.63) is 71.2 Å². The molecule has 0 spiro atoms. The number of halogens is 1. The highest BCUT2D eigenvalue weighted by atomic mass is 35.5. The van der Waals surface area contributed by atoms with Gasteiger partial charge in [0.2, 0.25) is 0 Å². The molecule has 0 aliphatic rings. The van der Waals surface area contributed by atoms with E-state index in [4.69, 9.17) is 16.6 Å².